The molecule has 1 aromatic heterocycles. The molecular formula is C75H61N4OPtSi-3. The summed E-state index contributed by atoms with van der Waals surface area (Å²) < 4.78 is 122. The van der Waals surface area contributed by atoms with Crippen molar-refractivity contribution in [3.63, 3.8) is 0 Å². The van der Waals surface area contributed by atoms with E-state index in [1.807, 2.05) is 118 Å². The van der Waals surface area contributed by atoms with Crippen molar-refractivity contribution in [2.45, 2.75) is 59.2 Å². The summed E-state index contributed by atoms with van der Waals surface area (Å²) in [6, 6.07) is 58.4. The average molecular weight is 1270 g/mol. The Morgan fingerprint density at radius 1 is 0.524 bits per heavy atom. The van der Waals surface area contributed by atoms with Gasteiger partial charge in [-0.05, 0) is 96.8 Å². The molecule has 82 heavy (non-hydrogen) atoms. The Labute approximate surface area is 516 Å². The van der Waals surface area contributed by atoms with E-state index >= 15 is 0 Å². The van der Waals surface area contributed by atoms with E-state index < -0.39 is 63.3 Å². The van der Waals surface area contributed by atoms with Crippen LogP contribution in [0.1, 0.15) is 76.1 Å². The first-order valence-corrected chi connectivity index (χ1v) is 29.0. The van der Waals surface area contributed by atoms with Gasteiger partial charge in [-0.15, -0.1) is 47.9 Å². The van der Waals surface area contributed by atoms with Crippen molar-refractivity contribution in [1.82, 2.24) is 4.98 Å². The van der Waals surface area contributed by atoms with E-state index in [0.29, 0.717) is 34.1 Å². The van der Waals surface area contributed by atoms with Gasteiger partial charge in [0.2, 0.25) is 0 Å². The minimum absolute atomic E-state index is 0. The molecule has 3 aliphatic rings. The molecule has 3 aliphatic heterocycles. The number of ether oxygens (including phenoxy) is 1. The number of para-hydroxylation sites is 3. The number of hydrogen-bond donors (Lipinski definition) is 0. The number of nitrogens with zero attached hydrogens (tertiary/aromatic N) is 4. The molecule has 404 valence electrons. The molecular weight excluding hydrogens is 1200 g/mol. The second-order valence-corrected chi connectivity index (χ2v) is 26.4. The second kappa shape index (κ2) is 20.5. The summed E-state index contributed by atoms with van der Waals surface area (Å²) in [7, 11) is -3.27. The molecule has 0 radical (unpaired) electrons. The molecule has 1 atom stereocenters. The fourth-order valence-electron chi connectivity index (χ4n) is 12.0. The van der Waals surface area contributed by atoms with Crippen molar-refractivity contribution in [2.24, 2.45) is 0 Å². The average Bonchev–Trinajstić information content (AvgIpc) is 1.54. The maximum absolute atomic E-state index is 9.33. The largest absolute Gasteiger partial charge is 0.509 e. The number of fused-ring (bicyclic) bond motifs is 6. The van der Waals surface area contributed by atoms with Gasteiger partial charge in [-0.3, -0.25) is 0 Å². The van der Waals surface area contributed by atoms with E-state index in [9.17, 15) is 2.74 Å². The van der Waals surface area contributed by atoms with Gasteiger partial charge in [0.05, 0.1) is 13.7 Å². The van der Waals surface area contributed by atoms with Gasteiger partial charge >= 0.3 is 0 Å². The van der Waals surface area contributed by atoms with E-state index in [1.54, 1.807) is 6.07 Å². The van der Waals surface area contributed by atoms with Crippen molar-refractivity contribution >= 4 is 68.8 Å². The normalized spacial score (nSPS) is 17.2. The SMILES string of the molecule is [2H]c1c([2H])c([2H])c(-c2cnc(N3c4[c-]c(Oc5[c-]c(N6[CH-]N(c7c(-c8cc(C(C)(C)C)cc(C(C)(C)C)c8)cccc7-c7c([2H])c([2H])c([2H])c([2H])c7[2H])c7ccccc76)ccc5)ccc4[Si]4(c5ccccc5)c5ccccc5-c5cccc3c54)cc2C([2H])([2H])[2H])c([2H])c1[2H].[Pt]. The zero-order valence-corrected chi connectivity index (χ0v) is 49.1. The third-order valence-corrected chi connectivity index (χ3v) is 20.7. The number of pyridine rings is 1. The van der Waals surface area contributed by atoms with Crippen molar-refractivity contribution in [3.05, 3.63) is 272 Å². The maximum Gasteiger partial charge on any atom is 0.135 e. The van der Waals surface area contributed by atoms with Crippen molar-refractivity contribution < 1.29 is 43.6 Å². The first-order chi connectivity index (χ1) is 44.7. The Kier molecular flexibility index (Phi) is 9.93. The summed E-state index contributed by atoms with van der Waals surface area (Å²) in [6.07, 6.45) is 1.29. The fourth-order valence-corrected chi connectivity index (χ4v) is 17.4. The molecule has 0 amide bonds. The quantitative estimate of drug-likeness (QED) is 0.106. The predicted molar refractivity (Wildman–Crippen MR) is 339 cm³/mol. The number of anilines is 7. The third kappa shape index (κ3) is 8.74. The smallest absolute Gasteiger partial charge is 0.135 e. The van der Waals surface area contributed by atoms with E-state index in [0.717, 1.165) is 71.2 Å². The van der Waals surface area contributed by atoms with Gasteiger partial charge in [-0.2, -0.15) is 12.1 Å². The Hall–Kier alpha value is -8.54. The number of benzene rings is 10. The summed E-state index contributed by atoms with van der Waals surface area (Å²) in [5, 5.41) is 4.26. The number of hydrogen-bond acceptors (Lipinski definition) is 5. The number of rotatable bonds is 9. The van der Waals surface area contributed by atoms with Crippen LogP contribution in [0.4, 0.5) is 39.9 Å². The molecule has 11 aromatic rings. The zero-order chi connectivity index (χ0) is 66.4. The van der Waals surface area contributed by atoms with Crippen LogP contribution in [0, 0.1) is 25.7 Å². The molecule has 4 heterocycles. The molecule has 0 bridgehead atoms. The number of aromatic nitrogens is 1. The molecule has 5 nitrogen and oxygen atoms in total. The minimum Gasteiger partial charge on any atom is -0.509 e. The maximum atomic E-state index is 9.33. The summed E-state index contributed by atoms with van der Waals surface area (Å²) in [5.74, 6) is 0.805. The molecule has 0 N–H and O–H groups in total. The standard InChI is InChI=1S/C75H61N4OSi.Pt/c1-50-42-71(76-48-64(50)52-26-13-9-14-27-52)79-67-38-23-35-63-62-32-17-20-39-69(62)81(73(63)67,59-30-15-10-16-31-59)70-41-40-58(47-68(70)79)80-57-29-21-28-56(46-57)77-49-78(66-37-19-18-36-65(66)77)72-60(51-24-11-8-12-25-51)33-22-34-61(72)53-43-54(74(2,3)4)45-55(44-53)75(5,6)7;/h8-45,48-49H,1-7H3;/q-3;/i1D3,8D,9D,11D,12D,13D,14D,24D,25D,26D,27D;. The molecule has 7 heteroatoms. The molecule has 0 fully saturated rings. The van der Waals surface area contributed by atoms with Crippen LogP contribution in [0.3, 0.4) is 0 Å². The van der Waals surface area contributed by atoms with Crippen LogP contribution in [0.5, 0.6) is 11.5 Å². The summed E-state index contributed by atoms with van der Waals surface area (Å²) in [4.78, 5) is 10.9. The van der Waals surface area contributed by atoms with Gasteiger partial charge in [0.15, 0.2) is 0 Å². The van der Waals surface area contributed by atoms with Crippen LogP contribution in [0.2, 0.25) is 0 Å². The van der Waals surface area contributed by atoms with E-state index in [4.69, 9.17) is 24.8 Å². The van der Waals surface area contributed by atoms with Gasteiger partial charge in [-0.25, -0.2) is 4.98 Å². The van der Waals surface area contributed by atoms with E-state index in [-0.39, 0.29) is 72.1 Å². The summed E-state index contributed by atoms with van der Waals surface area (Å²) >= 11 is 0. The second-order valence-electron chi connectivity index (χ2n) is 22.7. The molecule has 1 unspecified atom stereocenters. The van der Waals surface area contributed by atoms with Gasteiger partial charge < -0.3 is 19.4 Å². The Bertz CT molecular complexity index is 4910. The van der Waals surface area contributed by atoms with Crippen LogP contribution >= 0.6 is 0 Å². The Morgan fingerprint density at radius 2 is 1.11 bits per heavy atom. The van der Waals surface area contributed by atoms with Gasteiger partial charge in [0, 0.05) is 82.3 Å². The fraction of sp³-hybridized carbons (Fsp3) is 0.120. The minimum atomic E-state index is -3.27. The van der Waals surface area contributed by atoms with Crippen molar-refractivity contribution in [2.75, 3.05) is 14.7 Å². The molecule has 0 aliphatic carbocycles. The van der Waals surface area contributed by atoms with Crippen molar-refractivity contribution in [1.29, 1.82) is 0 Å². The zero-order valence-electron chi connectivity index (χ0n) is 58.8. The third-order valence-electron chi connectivity index (χ3n) is 15.8. The van der Waals surface area contributed by atoms with Gasteiger partial charge in [-0.1, -0.05) is 228 Å². The van der Waals surface area contributed by atoms with Crippen LogP contribution < -0.4 is 40.2 Å². The molecule has 10 aromatic carbocycles. The number of aryl methyl sites for hydroxylation is 1. The summed E-state index contributed by atoms with van der Waals surface area (Å²) in [6.45, 7) is 12.2. The first-order valence-electron chi connectivity index (χ1n) is 33.5. The van der Waals surface area contributed by atoms with Crippen LogP contribution in [0.25, 0.3) is 44.5 Å². The first kappa shape index (κ1) is 39.8. The van der Waals surface area contributed by atoms with Crippen LogP contribution in [-0.2, 0) is 31.9 Å². The predicted octanol–water partition coefficient (Wildman–Crippen LogP) is 16.9. The van der Waals surface area contributed by atoms with Crippen LogP contribution in [-0.4, -0.2) is 13.1 Å². The van der Waals surface area contributed by atoms with E-state index in [2.05, 4.69) is 114 Å². The molecule has 0 saturated carbocycles. The molecule has 14 rings (SSSR count). The Morgan fingerprint density at radius 3 is 1.82 bits per heavy atom. The van der Waals surface area contributed by atoms with Crippen LogP contribution in [0.15, 0.2) is 236 Å². The van der Waals surface area contributed by atoms with E-state index in [1.165, 1.54) is 12.3 Å². The topological polar surface area (TPSA) is 31.8 Å². The van der Waals surface area contributed by atoms with Gasteiger partial charge in [0.25, 0.3) is 0 Å². The summed E-state index contributed by atoms with van der Waals surface area (Å²) in [5.41, 5.74) is 9.31. The monoisotopic (exact) mass is 1270 g/mol. The molecule has 0 spiro atoms. The van der Waals surface area contributed by atoms with Crippen molar-refractivity contribution in [3.8, 4) is 56.0 Å². The van der Waals surface area contributed by atoms with Gasteiger partial charge in [0.1, 0.15) is 13.9 Å². The Balaban J connectivity index is 0.00000818. The molecule has 0 saturated heterocycles.